The van der Waals surface area contributed by atoms with Gasteiger partial charge in [0.1, 0.15) is 18.1 Å². The molecule has 0 unspecified atom stereocenters. The fourth-order valence-corrected chi connectivity index (χ4v) is 4.23. The molecule has 1 heterocycles. The van der Waals surface area contributed by atoms with Crippen LogP contribution < -0.4 is 9.47 Å². The van der Waals surface area contributed by atoms with Gasteiger partial charge in [-0.1, -0.05) is 67.9 Å². The smallest absolute Gasteiger partial charge is 0.120 e. The number of benzene rings is 3. The molecule has 0 amide bonds. The quantitative estimate of drug-likeness (QED) is 0.201. The zero-order valence-corrected chi connectivity index (χ0v) is 20.3. The van der Waals surface area contributed by atoms with Crippen molar-refractivity contribution in [1.29, 1.82) is 0 Å². The highest BCUT2D eigenvalue weighted by molar-refractivity contribution is 5.29. The molecule has 0 spiro atoms. The zero-order chi connectivity index (χ0) is 23.6. The minimum absolute atomic E-state index is 0.204. The van der Waals surface area contributed by atoms with Crippen molar-refractivity contribution in [3.63, 3.8) is 0 Å². The summed E-state index contributed by atoms with van der Waals surface area (Å²) in [6, 6.07) is 26.9. The summed E-state index contributed by atoms with van der Waals surface area (Å²) in [5, 5.41) is 0. The van der Waals surface area contributed by atoms with E-state index in [1.54, 1.807) is 7.11 Å². The normalized spacial score (nSPS) is 16.6. The standard InChI is InChI=1S/C30H36O4/c1-23(30-22-34-30)29(33-21-26-15-17-27(31-2)18-16-26)14-7-6-9-24-12-8-13-28(19-24)32-20-25-10-4-3-5-11-25/h3-5,8,10-13,15-19,23,29-30H,6-7,9,14,20-22H2,1-2H3/t23-,29-,30+/m1/s1. The third-order valence-electron chi connectivity index (χ3n) is 6.51. The first-order valence-corrected chi connectivity index (χ1v) is 12.3. The molecule has 4 rings (SSSR count). The molecule has 0 aliphatic carbocycles. The van der Waals surface area contributed by atoms with E-state index in [4.69, 9.17) is 18.9 Å². The molecule has 1 aliphatic rings. The van der Waals surface area contributed by atoms with Crippen molar-refractivity contribution in [3.05, 3.63) is 95.6 Å². The SMILES string of the molecule is COc1ccc(CO[C@H](CCCCc2cccc(OCc3ccccc3)c2)[C@@H](C)[C@@H]2CO2)cc1. The van der Waals surface area contributed by atoms with Crippen molar-refractivity contribution >= 4 is 0 Å². The Morgan fingerprint density at radius 2 is 1.56 bits per heavy atom. The number of ether oxygens (including phenoxy) is 4. The van der Waals surface area contributed by atoms with Crippen LogP contribution >= 0.6 is 0 Å². The number of rotatable bonds is 14. The van der Waals surface area contributed by atoms with Gasteiger partial charge in [0.05, 0.1) is 32.5 Å². The molecule has 1 aliphatic heterocycles. The molecule has 4 nitrogen and oxygen atoms in total. The van der Waals surface area contributed by atoms with Gasteiger partial charge in [-0.15, -0.1) is 0 Å². The summed E-state index contributed by atoms with van der Waals surface area (Å²) in [4.78, 5) is 0. The summed E-state index contributed by atoms with van der Waals surface area (Å²) >= 11 is 0. The van der Waals surface area contributed by atoms with Crippen LogP contribution in [0, 0.1) is 5.92 Å². The first kappa shape index (κ1) is 24.3. The molecule has 0 N–H and O–H groups in total. The Bertz CT molecular complexity index is 982. The maximum atomic E-state index is 6.37. The van der Waals surface area contributed by atoms with Gasteiger partial charge < -0.3 is 18.9 Å². The largest absolute Gasteiger partial charge is 0.497 e. The number of aryl methyl sites for hydroxylation is 1. The average molecular weight is 461 g/mol. The second-order valence-electron chi connectivity index (χ2n) is 9.10. The minimum Gasteiger partial charge on any atom is -0.497 e. The fraction of sp³-hybridized carbons (Fsp3) is 0.400. The van der Waals surface area contributed by atoms with Gasteiger partial charge in [-0.2, -0.15) is 0 Å². The number of methoxy groups -OCH3 is 1. The van der Waals surface area contributed by atoms with Crippen molar-refractivity contribution in [2.24, 2.45) is 5.92 Å². The van der Waals surface area contributed by atoms with Gasteiger partial charge in [0, 0.05) is 5.92 Å². The molecule has 0 saturated carbocycles. The highest BCUT2D eigenvalue weighted by Gasteiger charge is 2.35. The Labute approximate surface area is 203 Å². The van der Waals surface area contributed by atoms with Crippen LogP contribution in [-0.4, -0.2) is 25.9 Å². The lowest BCUT2D eigenvalue weighted by atomic mass is 9.95. The van der Waals surface area contributed by atoms with Gasteiger partial charge in [-0.05, 0) is 60.2 Å². The maximum absolute atomic E-state index is 6.37. The van der Waals surface area contributed by atoms with Crippen LogP contribution in [0.3, 0.4) is 0 Å². The molecule has 0 bridgehead atoms. The highest BCUT2D eigenvalue weighted by atomic mass is 16.6. The lowest BCUT2D eigenvalue weighted by molar-refractivity contribution is -0.00842. The van der Waals surface area contributed by atoms with E-state index in [1.165, 1.54) is 16.7 Å². The van der Waals surface area contributed by atoms with Crippen LogP contribution in [0.15, 0.2) is 78.9 Å². The van der Waals surface area contributed by atoms with Crippen LogP contribution in [0.2, 0.25) is 0 Å². The monoisotopic (exact) mass is 460 g/mol. The Kier molecular flexibility index (Phi) is 9.00. The van der Waals surface area contributed by atoms with Crippen molar-refractivity contribution in [1.82, 2.24) is 0 Å². The summed E-state index contributed by atoms with van der Waals surface area (Å²) in [5.41, 5.74) is 3.67. The van der Waals surface area contributed by atoms with Crippen molar-refractivity contribution < 1.29 is 18.9 Å². The number of unbranched alkanes of at least 4 members (excludes halogenated alkanes) is 1. The lowest BCUT2D eigenvalue weighted by Gasteiger charge is -2.23. The van der Waals surface area contributed by atoms with E-state index in [1.807, 2.05) is 36.4 Å². The van der Waals surface area contributed by atoms with E-state index in [9.17, 15) is 0 Å². The Hall–Kier alpha value is -2.82. The molecule has 3 atom stereocenters. The molecular weight excluding hydrogens is 424 g/mol. The summed E-state index contributed by atoms with van der Waals surface area (Å²) in [6.45, 7) is 4.33. The van der Waals surface area contributed by atoms with Crippen molar-refractivity contribution in [2.75, 3.05) is 13.7 Å². The van der Waals surface area contributed by atoms with Crippen molar-refractivity contribution in [2.45, 2.75) is 58.0 Å². The van der Waals surface area contributed by atoms with E-state index in [0.717, 1.165) is 43.8 Å². The first-order chi connectivity index (χ1) is 16.7. The molecular formula is C30H36O4. The zero-order valence-electron chi connectivity index (χ0n) is 20.3. The Balaban J connectivity index is 1.22. The average Bonchev–Trinajstić information content (AvgIpc) is 3.74. The molecule has 3 aromatic rings. The summed E-state index contributed by atoms with van der Waals surface area (Å²) in [7, 11) is 1.69. The molecule has 34 heavy (non-hydrogen) atoms. The molecule has 180 valence electrons. The van der Waals surface area contributed by atoms with Crippen molar-refractivity contribution in [3.8, 4) is 11.5 Å². The first-order valence-electron chi connectivity index (χ1n) is 12.3. The maximum Gasteiger partial charge on any atom is 0.120 e. The Morgan fingerprint density at radius 1 is 0.824 bits per heavy atom. The lowest BCUT2D eigenvalue weighted by Crippen LogP contribution is -2.26. The predicted molar refractivity (Wildman–Crippen MR) is 135 cm³/mol. The van der Waals surface area contributed by atoms with Crippen LogP contribution in [0.25, 0.3) is 0 Å². The van der Waals surface area contributed by atoms with Crippen LogP contribution in [0.4, 0.5) is 0 Å². The molecule has 3 aromatic carbocycles. The van der Waals surface area contributed by atoms with E-state index in [-0.39, 0.29) is 6.10 Å². The third kappa shape index (κ3) is 7.61. The van der Waals surface area contributed by atoms with E-state index < -0.39 is 0 Å². The second-order valence-corrected chi connectivity index (χ2v) is 9.10. The van der Waals surface area contributed by atoms with Gasteiger partial charge in [0.25, 0.3) is 0 Å². The van der Waals surface area contributed by atoms with Gasteiger partial charge in [-0.25, -0.2) is 0 Å². The van der Waals surface area contributed by atoms with Gasteiger partial charge >= 0.3 is 0 Å². The summed E-state index contributed by atoms with van der Waals surface area (Å²) in [6.07, 6.45) is 4.89. The highest BCUT2D eigenvalue weighted by Crippen LogP contribution is 2.28. The van der Waals surface area contributed by atoms with Crippen LogP contribution in [0.1, 0.15) is 42.9 Å². The topological polar surface area (TPSA) is 40.2 Å². The number of epoxide rings is 1. The predicted octanol–water partition coefficient (Wildman–Crippen LogP) is 6.61. The number of hydrogen-bond donors (Lipinski definition) is 0. The van der Waals surface area contributed by atoms with E-state index in [0.29, 0.717) is 25.2 Å². The van der Waals surface area contributed by atoms with Gasteiger partial charge in [-0.3, -0.25) is 0 Å². The second kappa shape index (κ2) is 12.6. The molecule has 0 aromatic heterocycles. The van der Waals surface area contributed by atoms with E-state index in [2.05, 4.69) is 49.4 Å². The van der Waals surface area contributed by atoms with E-state index >= 15 is 0 Å². The van der Waals surface area contributed by atoms with Crippen LogP contribution in [0.5, 0.6) is 11.5 Å². The molecule has 4 heteroatoms. The van der Waals surface area contributed by atoms with Gasteiger partial charge in [0.15, 0.2) is 0 Å². The third-order valence-corrected chi connectivity index (χ3v) is 6.51. The molecule has 1 saturated heterocycles. The molecule has 1 fully saturated rings. The summed E-state index contributed by atoms with van der Waals surface area (Å²) in [5.74, 6) is 2.21. The molecule has 0 radical (unpaired) electrons. The Morgan fingerprint density at radius 3 is 2.29 bits per heavy atom. The summed E-state index contributed by atoms with van der Waals surface area (Å²) < 4.78 is 23.2. The van der Waals surface area contributed by atoms with Gasteiger partial charge in [0.2, 0.25) is 0 Å². The number of hydrogen-bond acceptors (Lipinski definition) is 4. The minimum atomic E-state index is 0.204. The fourth-order valence-electron chi connectivity index (χ4n) is 4.23. The van der Waals surface area contributed by atoms with Crippen LogP contribution in [-0.2, 0) is 29.1 Å².